The molecule has 0 aliphatic carbocycles. The standard InChI is InChI=1S/C28H30N2O6S/c1-6-14-36-19-10-8-18(9-11-19)15-23-26(31)30-25(21-13-12-20(33-4)16-22(21)34-5)24(27(32)35-7-2)17(3)29-28(30)37-23/h8-13,15-16,25H,6-7,14H2,1-5H3/b23-15-/t25-/m1/s1. The van der Waals surface area contributed by atoms with Crippen LogP contribution in [0.5, 0.6) is 17.2 Å². The molecule has 0 saturated carbocycles. The highest BCUT2D eigenvalue weighted by molar-refractivity contribution is 7.07. The van der Waals surface area contributed by atoms with Crippen LogP contribution in [0.2, 0.25) is 0 Å². The van der Waals surface area contributed by atoms with Crippen molar-refractivity contribution in [2.75, 3.05) is 27.4 Å². The molecule has 1 aliphatic rings. The smallest absolute Gasteiger partial charge is 0.338 e. The number of ether oxygens (including phenoxy) is 4. The molecule has 0 amide bonds. The van der Waals surface area contributed by atoms with E-state index in [1.165, 1.54) is 18.4 Å². The number of esters is 1. The lowest BCUT2D eigenvalue weighted by molar-refractivity contribution is -0.139. The zero-order chi connectivity index (χ0) is 26.5. The fourth-order valence-electron chi connectivity index (χ4n) is 4.16. The van der Waals surface area contributed by atoms with Crippen LogP contribution >= 0.6 is 11.3 Å². The van der Waals surface area contributed by atoms with Crippen LogP contribution in [-0.4, -0.2) is 38.0 Å². The van der Waals surface area contributed by atoms with Gasteiger partial charge in [0, 0.05) is 11.6 Å². The predicted molar refractivity (Wildman–Crippen MR) is 142 cm³/mol. The number of hydrogen-bond acceptors (Lipinski definition) is 8. The number of hydrogen-bond donors (Lipinski definition) is 0. The van der Waals surface area contributed by atoms with Crippen LogP contribution in [0, 0.1) is 0 Å². The number of nitrogens with zero attached hydrogens (tertiary/aromatic N) is 2. The molecular weight excluding hydrogens is 492 g/mol. The van der Waals surface area contributed by atoms with E-state index < -0.39 is 12.0 Å². The quantitative estimate of drug-likeness (QED) is 0.399. The van der Waals surface area contributed by atoms with Crippen LogP contribution in [0.4, 0.5) is 0 Å². The van der Waals surface area contributed by atoms with Crippen molar-refractivity contribution in [1.82, 2.24) is 4.57 Å². The molecule has 1 atom stereocenters. The maximum absolute atomic E-state index is 13.8. The second-order valence-electron chi connectivity index (χ2n) is 8.33. The number of carbonyl (C=O) groups is 1. The summed E-state index contributed by atoms with van der Waals surface area (Å²) in [6.07, 6.45) is 2.75. The molecule has 2 aromatic carbocycles. The molecule has 194 valence electrons. The third kappa shape index (κ3) is 5.32. The van der Waals surface area contributed by atoms with E-state index in [9.17, 15) is 9.59 Å². The highest BCUT2D eigenvalue weighted by atomic mass is 32.1. The molecule has 4 rings (SSSR count). The van der Waals surface area contributed by atoms with Crippen LogP contribution < -0.4 is 29.1 Å². The Balaban J connectivity index is 1.89. The van der Waals surface area contributed by atoms with Gasteiger partial charge < -0.3 is 18.9 Å². The highest BCUT2D eigenvalue weighted by Crippen LogP contribution is 2.37. The first-order chi connectivity index (χ1) is 17.9. The Hall–Kier alpha value is -3.85. The summed E-state index contributed by atoms with van der Waals surface area (Å²) in [6, 6.07) is 12.1. The first-order valence-electron chi connectivity index (χ1n) is 12.1. The summed E-state index contributed by atoms with van der Waals surface area (Å²) in [5, 5.41) is 0. The summed E-state index contributed by atoms with van der Waals surface area (Å²) in [4.78, 5) is 32.0. The van der Waals surface area contributed by atoms with Gasteiger partial charge in [-0.15, -0.1) is 0 Å². The van der Waals surface area contributed by atoms with Gasteiger partial charge in [-0.2, -0.15) is 0 Å². The lowest BCUT2D eigenvalue weighted by Crippen LogP contribution is -2.40. The van der Waals surface area contributed by atoms with Gasteiger partial charge in [0.25, 0.3) is 5.56 Å². The Kier molecular flexibility index (Phi) is 8.13. The van der Waals surface area contributed by atoms with E-state index in [1.807, 2.05) is 30.3 Å². The Bertz CT molecular complexity index is 1500. The first-order valence-corrected chi connectivity index (χ1v) is 12.9. The van der Waals surface area contributed by atoms with Crippen molar-refractivity contribution in [1.29, 1.82) is 0 Å². The van der Waals surface area contributed by atoms with Crippen LogP contribution in [0.1, 0.15) is 44.4 Å². The SMILES string of the molecule is CCCOc1ccc(/C=c2\sc3n(c2=O)[C@H](c2ccc(OC)cc2OC)C(C(=O)OCC)=C(C)N=3)cc1. The van der Waals surface area contributed by atoms with Crippen molar-refractivity contribution in [3.05, 3.63) is 84.5 Å². The number of allylic oxidation sites excluding steroid dienone is 1. The average molecular weight is 523 g/mol. The number of fused-ring (bicyclic) bond motifs is 1. The summed E-state index contributed by atoms with van der Waals surface area (Å²) < 4.78 is 24.0. The van der Waals surface area contributed by atoms with Gasteiger partial charge in [-0.1, -0.05) is 30.4 Å². The van der Waals surface area contributed by atoms with Crippen molar-refractivity contribution >= 4 is 23.4 Å². The van der Waals surface area contributed by atoms with E-state index in [-0.39, 0.29) is 12.2 Å². The number of rotatable bonds is 9. The van der Waals surface area contributed by atoms with Gasteiger partial charge in [-0.25, -0.2) is 9.79 Å². The van der Waals surface area contributed by atoms with E-state index in [4.69, 9.17) is 18.9 Å². The largest absolute Gasteiger partial charge is 0.497 e. The van der Waals surface area contributed by atoms with Crippen molar-refractivity contribution in [3.63, 3.8) is 0 Å². The van der Waals surface area contributed by atoms with Gasteiger partial charge in [0.15, 0.2) is 4.80 Å². The van der Waals surface area contributed by atoms with E-state index >= 15 is 0 Å². The maximum atomic E-state index is 13.8. The summed E-state index contributed by atoms with van der Waals surface area (Å²) in [7, 11) is 3.10. The number of carbonyl (C=O) groups excluding carboxylic acids is 1. The molecule has 0 bridgehead atoms. The van der Waals surface area contributed by atoms with Crippen molar-refractivity contribution in [2.24, 2.45) is 4.99 Å². The lowest BCUT2D eigenvalue weighted by Gasteiger charge is -2.26. The van der Waals surface area contributed by atoms with Gasteiger partial charge >= 0.3 is 5.97 Å². The fraction of sp³-hybridized carbons (Fsp3) is 0.321. The predicted octanol–water partition coefficient (Wildman–Crippen LogP) is 3.60. The molecule has 0 unspecified atom stereocenters. The Morgan fingerprint density at radius 2 is 1.81 bits per heavy atom. The highest BCUT2D eigenvalue weighted by Gasteiger charge is 2.35. The number of benzene rings is 2. The van der Waals surface area contributed by atoms with Crippen LogP contribution in [0.15, 0.2) is 63.5 Å². The molecule has 1 aromatic heterocycles. The second kappa shape index (κ2) is 11.5. The van der Waals surface area contributed by atoms with Crippen LogP contribution in [-0.2, 0) is 9.53 Å². The second-order valence-corrected chi connectivity index (χ2v) is 9.34. The lowest BCUT2D eigenvalue weighted by atomic mass is 9.95. The van der Waals surface area contributed by atoms with E-state index in [0.717, 1.165) is 17.7 Å². The average Bonchev–Trinajstić information content (AvgIpc) is 3.21. The molecule has 37 heavy (non-hydrogen) atoms. The Morgan fingerprint density at radius 1 is 1.08 bits per heavy atom. The topological polar surface area (TPSA) is 88.3 Å². The van der Waals surface area contributed by atoms with Crippen LogP contribution in [0.25, 0.3) is 6.08 Å². The molecule has 0 saturated heterocycles. The summed E-state index contributed by atoms with van der Waals surface area (Å²) >= 11 is 1.27. The first kappa shape index (κ1) is 26.2. The zero-order valence-electron chi connectivity index (χ0n) is 21.6. The minimum atomic E-state index is -0.775. The van der Waals surface area contributed by atoms with E-state index in [1.54, 1.807) is 43.7 Å². The Morgan fingerprint density at radius 3 is 2.46 bits per heavy atom. The normalized spacial score (nSPS) is 15.2. The molecule has 0 radical (unpaired) electrons. The van der Waals surface area contributed by atoms with Gasteiger partial charge in [-0.3, -0.25) is 9.36 Å². The fourth-order valence-corrected chi connectivity index (χ4v) is 5.21. The van der Waals surface area contributed by atoms with E-state index in [0.29, 0.717) is 44.3 Å². The molecule has 0 N–H and O–H groups in total. The zero-order valence-corrected chi connectivity index (χ0v) is 22.4. The molecule has 8 nitrogen and oxygen atoms in total. The molecule has 2 heterocycles. The monoisotopic (exact) mass is 522 g/mol. The third-order valence-electron chi connectivity index (χ3n) is 5.90. The van der Waals surface area contributed by atoms with Crippen molar-refractivity contribution in [2.45, 2.75) is 33.2 Å². The molecule has 0 fully saturated rings. The van der Waals surface area contributed by atoms with Crippen LogP contribution in [0.3, 0.4) is 0 Å². The summed E-state index contributed by atoms with van der Waals surface area (Å²) in [5.41, 5.74) is 2.01. The molecule has 9 heteroatoms. The van der Waals surface area contributed by atoms with Crippen molar-refractivity contribution < 1.29 is 23.7 Å². The number of aromatic nitrogens is 1. The van der Waals surface area contributed by atoms with Gasteiger partial charge in [0.05, 0.1) is 43.2 Å². The third-order valence-corrected chi connectivity index (χ3v) is 6.89. The minimum absolute atomic E-state index is 0.199. The van der Waals surface area contributed by atoms with Gasteiger partial charge in [0.1, 0.15) is 23.3 Å². The molecular formula is C28H30N2O6S. The van der Waals surface area contributed by atoms with Crippen molar-refractivity contribution in [3.8, 4) is 17.2 Å². The van der Waals surface area contributed by atoms with E-state index in [2.05, 4.69) is 11.9 Å². The molecule has 1 aliphatic heterocycles. The molecule has 0 spiro atoms. The number of thiazole rings is 1. The van der Waals surface area contributed by atoms with Gasteiger partial charge in [-0.05, 0) is 56.2 Å². The molecule has 3 aromatic rings. The number of methoxy groups -OCH3 is 2. The summed E-state index contributed by atoms with van der Waals surface area (Å²) in [5.74, 6) is 1.33. The Labute approximate surface area is 219 Å². The minimum Gasteiger partial charge on any atom is -0.497 e. The van der Waals surface area contributed by atoms with Gasteiger partial charge in [0.2, 0.25) is 0 Å². The summed E-state index contributed by atoms with van der Waals surface area (Å²) in [6.45, 7) is 6.39. The maximum Gasteiger partial charge on any atom is 0.338 e.